The lowest BCUT2D eigenvalue weighted by atomic mass is 10.1. The van der Waals surface area contributed by atoms with Crippen LogP contribution in [0, 0.1) is 6.92 Å². The third-order valence-corrected chi connectivity index (χ3v) is 2.31. The van der Waals surface area contributed by atoms with Gasteiger partial charge in [-0.3, -0.25) is 0 Å². The van der Waals surface area contributed by atoms with Gasteiger partial charge in [0.15, 0.2) is 5.65 Å². The number of hydrogen-bond donors (Lipinski definition) is 1. The molecule has 1 unspecified atom stereocenters. The highest BCUT2D eigenvalue weighted by atomic mass is 14.8. The maximum absolute atomic E-state index is 5.85. The van der Waals surface area contributed by atoms with E-state index in [-0.39, 0.29) is 6.04 Å². The van der Waals surface area contributed by atoms with Crippen molar-refractivity contribution in [2.45, 2.75) is 19.9 Å². The summed E-state index contributed by atoms with van der Waals surface area (Å²) in [5, 5.41) is 1.05. The molecule has 2 aromatic heterocycles. The molecule has 2 aromatic rings. The lowest BCUT2D eigenvalue weighted by Crippen LogP contribution is -2.08. The van der Waals surface area contributed by atoms with Crippen molar-refractivity contribution in [3.8, 4) is 0 Å². The summed E-state index contributed by atoms with van der Waals surface area (Å²) in [5.41, 5.74) is 8.68. The first kappa shape index (κ1) is 9.09. The molecule has 2 N–H and O–H groups in total. The Morgan fingerprint density at radius 2 is 2.21 bits per heavy atom. The number of hydrogen-bond acceptors (Lipinski definition) is 3. The highest BCUT2D eigenvalue weighted by Crippen LogP contribution is 2.18. The summed E-state index contributed by atoms with van der Waals surface area (Å²) in [6.07, 6.45) is 1.75. The van der Waals surface area contributed by atoms with Gasteiger partial charge >= 0.3 is 0 Å². The van der Waals surface area contributed by atoms with Gasteiger partial charge in [0.1, 0.15) is 0 Å². The monoisotopic (exact) mass is 187 g/mol. The zero-order valence-corrected chi connectivity index (χ0v) is 8.36. The first-order chi connectivity index (χ1) is 6.68. The van der Waals surface area contributed by atoms with E-state index in [0.717, 1.165) is 22.3 Å². The summed E-state index contributed by atoms with van der Waals surface area (Å²) in [5.74, 6) is 0. The van der Waals surface area contributed by atoms with E-state index in [9.17, 15) is 0 Å². The van der Waals surface area contributed by atoms with Gasteiger partial charge in [-0.1, -0.05) is 0 Å². The summed E-state index contributed by atoms with van der Waals surface area (Å²) < 4.78 is 0. The van der Waals surface area contributed by atoms with Crippen LogP contribution in [0.5, 0.6) is 0 Å². The smallest absolute Gasteiger partial charge is 0.159 e. The Balaban J connectivity index is 2.71. The van der Waals surface area contributed by atoms with Gasteiger partial charge in [0.05, 0.1) is 0 Å². The minimum absolute atomic E-state index is 0.0205. The Bertz CT molecular complexity index is 463. The van der Waals surface area contributed by atoms with Crippen LogP contribution in [-0.2, 0) is 0 Å². The predicted octanol–water partition coefficient (Wildman–Crippen LogP) is 1.96. The molecule has 0 spiro atoms. The van der Waals surface area contributed by atoms with Crippen molar-refractivity contribution in [3.05, 3.63) is 35.7 Å². The fourth-order valence-electron chi connectivity index (χ4n) is 1.57. The zero-order chi connectivity index (χ0) is 10.1. The van der Waals surface area contributed by atoms with E-state index in [0.29, 0.717) is 0 Å². The first-order valence-electron chi connectivity index (χ1n) is 4.66. The van der Waals surface area contributed by atoms with E-state index in [1.165, 1.54) is 0 Å². The molecule has 72 valence electrons. The number of pyridine rings is 2. The second-order valence-electron chi connectivity index (χ2n) is 3.50. The van der Waals surface area contributed by atoms with Crippen LogP contribution in [-0.4, -0.2) is 9.97 Å². The second kappa shape index (κ2) is 3.35. The quantitative estimate of drug-likeness (QED) is 0.742. The summed E-state index contributed by atoms with van der Waals surface area (Å²) in [4.78, 5) is 8.60. The molecule has 3 nitrogen and oxygen atoms in total. The van der Waals surface area contributed by atoms with Gasteiger partial charge in [0, 0.05) is 23.3 Å². The van der Waals surface area contributed by atoms with Crippen molar-refractivity contribution in [2.24, 2.45) is 5.73 Å². The Hall–Kier alpha value is -1.48. The van der Waals surface area contributed by atoms with E-state index < -0.39 is 0 Å². The Labute approximate surface area is 83.0 Å². The molecule has 1 atom stereocenters. The maximum Gasteiger partial charge on any atom is 0.159 e. The third-order valence-electron chi connectivity index (χ3n) is 2.31. The van der Waals surface area contributed by atoms with Gasteiger partial charge in [0.25, 0.3) is 0 Å². The maximum atomic E-state index is 5.85. The first-order valence-corrected chi connectivity index (χ1v) is 4.66. The molecule has 0 saturated heterocycles. The number of aromatic nitrogens is 2. The predicted molar refractivity (Wildman–Crippen MR) is 56.9 cm³/mol. The van der Waals surface area contributed by atoms with Crippen LogP contribution in [0.2, 0.25) is 0 Å². The Morgan fingerprint density at radius 1 is 1.43 bits per heavy atom. The van der Waals surface area contributed by atoms with Gasteiger partial charge < -0.3 is 5.73 Å². The van der Waals surface area contributed by atoms with Crippen LogP contribution in [0.15, 0.2) is 24.4 Å². The minimum Gasteiger partial charge on any atom is -0.324 e. The molecule has 0 fully saturated rings. The van der Waals surface area contributed by atoms with Gasteiger partial charge in [-0.05, 0) is 37.6 Å². The molecule has 0 bridgehead atoms. The Kier molecular flexibility index (Phi) is 2.17. The minimum atomic E-state index is 0.0205. The van der Waals surface area contributed by atoms with Crippen LogP contribution < -0.4 is 5.73 Å². The van der Waals surface area contributed by atoms with Crippen LogP contribution in [0.25, 0.3) is 11.0 Å². The number of aryl methyl sites for hydroxylation is 1. The number of fused-ring (bicyclic) bond motifs is 1. The molecule has 2 heterocycles. The van der Waals surface area contributed by atoms with Gasteiger partial charge in [-0.15, -0.1) is 0 Å². The third kappa shape index (κ3) is 1.46. The van der Waals surface area contributed by atoms with Crippen molar-refractivity contribution >= 4 is 11.0 Å². The lowest BCUT2D eigenvalue weighted by Gasteiger charge is -2.09. The second-order valence-corrected chi connectivity index (χ2v) is 3.50. The van der Waals surface area contributed by atoms with E-state index in [2.05, 4.69) is 16.0 Å². The van der Waals surface area contributed by atoms with Crippen LogP contribution in [0.3, 0.4) is 0 Å². The summed E-state index contributed by atoms with van der Waals surface area (Å²) in [6.45, 7) is 3.93. The van der Waals surface area contributed by atoms with E-state index in [1.807, 2.05) is 26.0 Å². The van der Waals surface area contributed by atoms with Gasteiger partial charge in [-0.25, -0.2) is 9.97 Å². The molecule has 0 aromatic carbocycles. The molecule has 0 aliphatic carbocycles. The molecule has 0 radical (unpaired) electrons. The van der Waals surface area contributed by atoms with Crippen molar-refractivity contribution in [1.29, 1.82) is 0 Å². The summed E-state index contributed by atoms with van der Waals surface area (Å²) >= 11 is 0. The molecule has 0 saturated carbocycles. The number of nitrogens with two attached hydrogens (primary N) is 1. The SMILES string of the molecule is Cc1nc2ncccc2cc1C(C)N. The number of nitrogens with zero attached hydrogens (tertiary/aromatic N) is 2. The molecular formula is C11H13N3. The fourth-order valence-corrected chi connectivity index (χ4v) is 1.57. The molecule has 3 heteroatoms. The number of rotatable bonds is 1. The topological polar surface area (TPSA) is 51.8 Å². The van der Waals surface area contributed by atoms with E-state index in [1.54, 1.807) is 6.20 Å². The zero-order valence-electron chi connectivity index (χ0n) is 8.36. The van der Waals surface area contributed by atoms with Crippen LogP contribution >= 0.6 is 0 Å². The molecule has 0 aliphatic rings. The van der Waals surface area contributed by atoms with Crippen molar-refractivity contribution in [1.82, 2.24) is 9.97 Å². The van der Waals surface area contributed by atoms with Crippen LogP contribution in [0.4, 0.5) is 0 Å². The summed E-state index contributed by atoms with van der Waals surface area (Å²) in [7, 11) is 0. The molecular weight excluding hydrogens is 174 g/mol. The Morgan fingerprint density at radius 3 is 2.93 bits per heavy atom. The van der Waals surface area contributed by atoms with Gasteiger partial charge in [-0.2, -0.15) is 0 Å². The molecule has 14 heavy (non-hydrogen) atoms. The molecule has 0 amide bonds. The normalized spacial score (nSPS) is 13.1. The van der Waals surface area contributed by atoms with E-state index in [4.69, 9.17) is 5.73 Å². The van der Waals surface area contributed by atoms with Crippen LogP contribution in [0.1, 0.15) is 24.2 Å². The summed E-state index contributed by atoms with van der Waals surface area (Å²) in [6, 6.07) is 5.99. The average Bonchev–Trinajstić information content (AvgIpc) is 2.16. The standard InChI is InChI=1S/C11H13N3/c1-7(12)10-6-9-4-3-5-13-11(9)14-8(10)2/h3-7H,12H2,1-2H3. The molecule has 0 aliphatic heterocycles. The highest BCUT2D eigenvalue weighted by Gasteiger charge is 2.06. The largest absolute Gasteiger partial charge is 0.324 e. The fraction of sp³-hybridized carbons (Fsp3) is 0.273. The van der Waals surface area contributed by atoms with E-state index >= 15 is 0 Å². The van der Waals surface area contributed by atoms with Crippen molar-refractivity contribution < 1.29 is 0 Å². The molecule has 2 rings (SSSR count). The van der Waals surface area contributed by atoms with Gasteiger partial charge in [0.2, 0.25) is 0 Å². The lowest BCUT2D eigenvalue weighted by molar-refractivity contribution is 0.803. The van der Waals surface area contributed by atoms with Crippen molar-refractivity contribution in [2.75, 3.05) is 0 Å². The van der Waals surface area contributed by atoms with Crippen molar-refractivity contribution in [3.63, 3.8) is 0 Å². The average molecular weight is 187 g/mol. The highest BCUT2D eigenvalue weighted by molar-refractivity contribution is 5.75.